The molecule has 0 saturated carbocycles. The number of carbonyl (C=O) groups is 1. The molecule has 0 fully saturated rings. The van der Waals surface area contributed by atoms with Gasteiger partial charge in [0.05, 0.1) is 5.69 Å². The second kappa shape index (κ2) is 6.71. The first-order valence-corrected chi connectivity index (χ1v) is 7.44. The number of phenolic OH excluding ortho intramolecular Hbond substituents is 1. The summed E-state index contributed by atoms with van der Waals surface area (Å²) in [5.41, 5.74) is 0.660. The zero-order valence-electron chi connectivity index (χ0n) is 12.6. The molecule has 0 heterocycles. The van der Waals surface area contributed by atoms with Gasteiger partial charge < -0.3 is 14.7 Å². The molecule has 0 spiro atoms. The Morgan fingerprint density at radius 2 is 2.00 bits per heavy atom. The molecule has 0 amide bonds. The number of phenols is 1. The van der Waals surface area contributed by atoms with Crippen LogP contribution in [0.3, 0.4) is 0 Å². The summed E-state index contributed by atoms with van der Waals surface area (Å²) in [5.74, 6) is -0.0498. The molecule has 0 aliphatic carbocycles. The number of rotatable bonds is 5. The Balaban J connectivity index is 2.76. The lowest BCUT2D eigenvalue weighted by Crippen LogP contribution is -2.23. The molecule has 2 rings (SSSR count). The van der Waals surface area contributed by atoms with Crippen LogP contribution in [0.5, 0.6) is 11.5 Å². The molecule has 0 saturated heterocycles. The van der Waals surface area contributed by atoms with Crippen LogP contribution < -0.4 is 9.64 Å². The summed E-state index contributed by atoms with van der Waals surface area (Å²) in [6.07, 6.45) is 1.11. The Kier molecular flexibility index (Phi) is 4.93. The summed E-state index contributed by atoms with van der Waals surface area (Å²) < 4.78 is 5.43. The fraction of sp³-hybridized carbons (Fsp3) is 0.235. The van der Waals surface area contributed by atoms with E-state index in [9.17, 15) is 9.90 Å². The maximum absolute atomic E-state index is 11.7. The average Bonchev–Trinajstić information content (AvgIpc) is 2.51. The monoisotopic (exact) mass is 319 g/mol. The summed E-state index contributed by atoms with van der Waals surface area (Å²) in [7, 11) is 0. The van der Waals surface area contributed by atoms with E-state index in [-0.39, 0.29) is 5.75 Å². The fourth-order valence-electron chi connectivity index (χ4n) is 2.39. The van der Waals surface area contributed by atoms with Crippen LogP contribution in [0.25, 0.3) is 10.8 Å². The zero-order valence-corrected chi connectivity index (χ0v) is 13.4. The van der Waals surface area contributed by atoms with Crippen molar-refractivity contribution in [3.8, 4) is 11.5 Å². The SMILES string of the molecule is C=CC(=O)Oc1c(N(CC)CC)cc(O)c2cc(Cl)ccc12. The maximum Gasteiger partial charge on any atom is 0.335 e. The first-order valence-electron chi connectivity index (χ1n) is 7.06. The zero-order chi connectivity index (χ0) is 16.3. The first-order chi connectivity index (χ1) is 10.5. The highest BCUT2D eigenvalue weighted by molar-refractivity contribution is 6.31. The number of benzene rings is 2. The number of esters is 1. The molecule has 22 heavy (non-hydrogen) atoms. The van der Waals surface area contributed by atoms with Gasteiger partial charge in [0.2, 0.25) is 0 Å². The number of hydrogen-bond donors (Lipinski definition) is 1. The molecule has 4 nitrogen and oxygen atoms in total. The molecule has 0 radical (unpaired) electrons. The summed E-state index contributed by atoms with van der Waals surface area (Å²) in [5, 5.41) is 11.9. The summed E-state index contributed by atoms with van der Waals surface area (Å²) in [6.45, 7) is 8.84. The number of ether oxygens (including phenoxy) is 1. The molecular weight excluding hydrogens is 302 g/mol. The molecule has 2 aromatic carbocycles. The van der Waals surface area contributed by atoms with Crippen LogP contribution in [-0.4, -0.2) is 24.2 Å². The van der Waals surface area contributed by atoms with Crippen LogP contribution >= 0.6 is 11.6 Å². The van der Waals surface area contributed by atoms with Gasteiger partial charge in [0.15, 0.2) is 5.75 Å². The normalized spacial score (nSPS) is 10.5. The Morgan fingerprint density at radius 1 is 1.32 bits per heavy atom. The molecule has 0 atom stereocenters. The van der Waals surface area contributed by atoms with Gasteiger partial charge in [-0.3, -0.25) is 0 Å². The largest absolute Gasteiger partial charge is 0.507 e. The van der Waals surface area contributed by atoms with E-state index in [2.05, 4.69) is 6.58 Å². The number of aromatic hydroxyl groups is 1. The number of anilines is 1. The van der Waals surface area contributed by atoms with Crippen molar-refractivity contribution in [3.63, 3.8) is 0 Å². The lowest BCUT2D eigenvalue weighted by molar-refractivity contribution is -0.128. The van der Waals surface area contributed by atoms with E-state index in [0.717, 1.165) is 6.08 Å². The van der Waals surface area contributed by atoms with Gasteiger partial charge in [0, 0.05) is 41.0 Å². The van der Waals surface area contributed by atoms with Crippen molar-refractivity contribution in [1.82, 2.24) is 0 Å². The van der Waals surface area contributed by atoms with Crippen LogP contribution in [0, 0.1) is 0 Å². The molecule has 2 aromatic rings. The van der Waals surface area contributed by atoms with E-state index in [1.54, 1.807) is 24.3 Å². The van der Waals surface area contributed by atoms with Crippen molar-refractivity contribution in [1.29, 1.82) is 0 Å². The van der Waals surface area contributed by atoms with Crippen LogP contribution in [0.4, 0.5) is 5.69 Å². The highest BCUT2D eigenvalue weighted by atomic mass is 35.5. The summed E-state index contributed by atoms with van der Waals surface area (Å²) in [4.78, 5) is 13.7. The number of carbonyl (C=O) groups excluding carboxylic acids is 1. The Labute approximate surface area is 134 Å². The van der Waals surface area contributed by atoms with E-state index in [1.807, 2.05) is 18.7 Å². The summed E-state index contributed by atoms with van der Waals surface area (Å²) in [6, 6.07) is 6.66. The van der Waals surface area contributed by atoms with Gasteiger partial charge in [-0.15, -0.1) is 0 Å². The molecule has 0 bridgehead atoms. The Morgan fingerprint density at radius 3 is 2.59 bits per heavy atom. The highest BCUT2D eigenvalue weighted by Gasteiger charge is 2.18. The Bertz CT molecular complexity index is 723. The fourth-order valence-corrected chi connectivity index (χ4v) is 2.56. The molecule has 0 unspecified atom stereocenters. The number of halogens is 1. The van der Waals surface area contributed by atoms with Gasteiger partial charge in [0.25, 0.3) is 0 Å². The first kappa shape index (κ1) is 16.2. The van der Waals surface area contributed by atoms with Crippen molar-refractivity contribution in [2.45, 2.75) is 13.8 Å². The second-order valence-electron chi connectivity index (χ2n) is 4.73. The van der Waals surface area contributed by atoms with E-state index in [1.165, 1.54) is 0 Å². The van der Waals surface area contributed by atoms with Gasteiger partial charge >= 0.3 is 5.97 Å². The van der Waals surface area contributed by atoms with Crippen LogP contribution in [0.15, 0.2) is 36.9 Å². The van der Waals surface area contributed by atoms with Gasteiger partial charge in [-0.2, -0.15) is 0 Å². The average molecular weight is 320 g/mol. The standard InChI is InChI=1S/C17H18ClNO3/c1-4-16(21)22-17-12-8-7-11(18)9-13(12)15(20)10-14(17)19(5-2)6-3/h4,7-10,20H,1,5-6H2,2-3H3. The number of nitrogens with zero attached hydrogens (tertiary/aromatic N) is 1. The van der Waals surface area contributed by atoms with E-state index >= 15 is 0 Å². The highest BCUT2D eigenvalue weighted by Crippen LogP contribution is 2.42. The minimum absolute atomic E-state index is 0.0952. The van der Waals surface area contributed by atoms with E-state index in [4.69, 9.17) is 16.3 Å². The number of fused-ring (bicyclic) bond motifs is 1. The summed E-state index contributed by atoms with van der Waals surface area (Å²) >= 11 is 5.99. The van der Waals surface area contributed by atoms with Crippen molar-refractivity contribution in [2.75, 3.05) is 18.0 Å². The van der Waals surface area contributed by atoms with E-state index in [0.29, 0.717) is 40.3 Å². The minimum Gasteiger partial charge on any atom is -0.507 e. The molecule has 116 valence electrons. The maximum atomic E-state index is 11.7. The lowest BCUT2D eigenvalue weighted by atomic mass is 10.1. The smallest absolute Gasteiger partial charge is 0.335 e. The van der Waals surface area contributed by atoms with Crippen LogP contribution in [-0.2, 0) is 4.79 Å². The topological polar surface area (TPSA) is 49.8 Å². The van der Waals surface area contributed by atoms with Gasteiger partial charge in [-0.25, -0.2) is 4.79 Å². The molecule has 0 aliphatic rings. The molecule has 5 heteroatoms. The second-order valence-corrected chi connectivity index (χ2v) is 5.17. The molecule has 0 aromatic heterocycles. The van der Waals surface area contributed by atoms with Crippen LogP contribution in [0.1, 0.15) is 13.8 Å². The number of hydrogen-bond acceptors (Lipinski definition) is 4. The van der Waals surface area contributed by atoms with Crippen LogP contribution in [0.2, 0.25) is 5.02 Å². The Hall–Kier alpha value is -2.20. The third-order valence-corrected chi connectivity index (χ3v) is 3.72. The van der Waals surface area contributed by atoms with Crippen molar-refractivity contribution >= 4 is 34.0 Å². The predicted octanol–water partition coefficient (Wildman–Crippen LogP) is 4.14. The van der Waals surface area contributed by atoms with Gasteiger partial charge in [0.1, 0.15) is 5.75 Å². The quantitative estimate of drug-likeness (QED) is 0.511. The van der Waals surface area contributed by atoms with Crippen molar-refractivity contribution < 1.29 is 14.6 Å². The third-order valence-electron chi connectivity index (χ3n) is 3.48. The van der Waals surface area contributed by atoms with Crippen molar-refractivity contribution in [2.24, 2.45) is 0 Å². The van der Waals surface area contributed by atoms with Crippen molar-refractivity contribution in [3.05, 3.63) is 41.9 Å². The molecule has 1 N–H and O–H groups in total. The van der Waals surface area contributed by atoms with E-state index < -0.39 is 5.97 Å². The van der Waals surface area contributed by atoms with Gasteiger partial charge in [-0.1, -0.05) is 18.2 Å². The van der Waals surface area contributed by atoms with Gasteiger partial charge in [-0.05, 0) is 32.0 Å². The predicted molar refractivity (Wildman–Crippen MR) is 90.0 cm³/mol. The minimum atomic E-state index is -0.546. The molecule has 0 aliphatic heterocycles. The third kappa shape index (κ3) is 3.02. The molecular formula is C17H18ClNO3. The lowest BCUT2D eigenvalue weighted by Gasteiger charge is -2.25.